The number of hydrogen-bond acceptors (Lipinski definition) is 4. The number of nitrogens with one attached hydrogen (secondary N) is 2. The van der Waals surface area contributed by atoms with Crippen LogP contribution >= 0.6 is 0 Å². The minimum Gasteiger partial charge on any atom is -0.598 e. The molecule has 1 aliphatic rings. The molecule has 0 aromatic carbocycles. The number of rotatable bonds is 4. The number of carbonyl (C=O) groups excluding carboxylic acids is 1. The lowest BCUT2D eigenvalue weighted by molar-refractivity contribution is 0.0504. The van der Waals surface area contributed by atoms with Crippen LogP contribution in [0.4, 0.5) is 4.79 Å². The Balaban J connectivity index is 2.41. The van der Waals surface area contributed by atoms with Gasteiger partial charge >= 0.3 is 6.09 Å². The summed E-state index contributed by atoms with van der Waals surface area (Å²) >= 11 is -1.06. The van der Waals surface area contributed by atoms with Gasteiger partial charge in [0.15, 0.2) is 0 Å². The van der Waals surface area contributed by atoms with Crippen molar-refractivity contribution in [3.05, 3.63) is 0 Å². The van der Waals surface area contributed by atoms with Gasteiger partial charge in [0.25, 0.3) is 0 Å². The van der Waals surface area contributed by atoms with Crippen molar-refractivity contribution >= 4 is 17.5 Å². The number of hydrogen-bond donors (Lipinski definition) is 2. The first-order valence-electron chi connectivity index (χ1n) is 8.06. The molecule has 0 aromatic rings. The van der Waals surface area contributed by atoms with Crippen molar-refractivity contribution in [3.8, 4) is 0 Å². The first-order valence-corrected chi connectivity index (χ1v) is 9.21. The van der Waals surface area contributed by atoms with Gasteiger partial charge in [0.1, 0.15) is 10.3 Å². The highest BCUT2D eigenvalue weighted by Crippen LogP contribution is 2.29. The summed E-state index contributed by atoms with van der Waals surface area (Å²) < 4.78 is 20.4. The highest BCUT2D eigenvalue weighted by molar-refractivity contribution is 7.90. The average molecular weight is 333 g/mol. The summed E-state index contributed by atoms with van der Waals surface area (Å²) in [6.45, 7) is 13.5. The van der Waals surface area contributed by atoms with Gasteiger partial charge in [-0.2, -0.15) is 0 Å². The van der Waals surface area contributed by atoms with Gasteiger partial charge in [0, 0.05) is 17.4 Å². The molecule has 1 saturated carbocycles. The Hall–Kier alpha value is -0.460. The van der Waals surface area contributed by atoms with Crippen LogP contribution in [0.2, 0.25) is 0 Å². The molecular formula is C16H32N2O3S. The van der Waals surface area contributed by atoms with E-state index in [-0.39, 0.29) is 22.9 Å². The number of carbonyl (C=O) groups is 1. The highest BCUT2D eigenvalue weighted by Gasteiger charge is 2.35. The van der Waals surface area contributed by atoms with Crippen LogP contribution in [0, 0.1) is 5.92 Å². The van der Waals surface area contributed by atoms with E-state index >= 15 is 0 Å². The van der Waals surface area contributed by atoms with E-state index in [1.165, 1.54) is 0 Å². The molecule has 2 N–H and O–H groups in total. The molecule has 0 spiro atoms. The first-order chi connectivity index (χ1) is 9.88. The fourth-order valence-corrected chi connectivity index (χ4v) is 3.40. The average Bonchev–Trinajstić information content (AvgIpc) is 2.73. The lowest BCUT2D eigenvalue weighted by Gasteiger charge is -2.29. The van der Waals surface area contributed by atoms with Gasteiger partial charge in [-0.25, -0.2) is 4.79 Å². The van der Waals surface area contributed by atoms with E-state index in [4.69, 9.17) is 4.74 Å². The molecule has 22 heavy (non-hydrogen) atoms. The van der Waals surface area contributed by atoms with Crippen molar-refractivity contribution in [2.24, 2.45) is 5.92 Å². The molecule has 0 aliphatic heterocycles. The molecule has 0 radical (unpaired) electrons. The second kappa shape index (κ2) is 7.41. The number of amides is 1. The Bertz CT molecular complexity index is 377. The fourth-order valence-electron chi connectivity index (χ4n) is 2.52. The topological polar surface area (TPSA) is 73.4 Å². The summed E-state index contributed by atoms with van der Waals surface area (Å²) in [5.41, 5.74) is -0.472. The lowest BCUT2D eigenvalue weighted by atomic mass is 10.0. The lowest BCUT2D eigenvalue weighted by Crippen LogP contribution is -2.46. The molecule has 1 aliphatic carbocycles. The van der Waals surface area contributed by atoms with Crippen molar-refractivity contribution in [1.29, 1.82) is 0 Å². The van der Waals surface area contributed by atoms with Gasteiger partial charge in [0.2, 0.25) is 0 Å². The number of alkyl carbamates (subject to hydrolysis) is 1. The quantitative estimate of drug-likeness (QED) is 0.776. The zero-order valence-corrected chi connectivity index (χ0v) is 15.8. The van der Waals surface area contributed by atoms with Crippen LogP contribution in [-0.4, -0.2) is 33.1 Å². The fraction of sp³-hybridized carbons (Fsp3) is 0.938. The van der Waals surface area contributed by atoms with Crippen LogP contribution in [-0.2, 0) is 16.1 Å². The van der Waals surface area contributed by atoms with E-state index in [0.717, 1.165) is 19.3 Å². The molecule has 4 atom stereocenters. The summed E-state index contributed by atoms with van der Waals surface area (Å²) in [6.07, 6.45) is 2.51. The minimum absolute atomic E-state index is 0.146. The summed E-state index contributed by atoms with van der Waals surface area (Å²) in [4.78, 5) is 11.8. The Morgan fingerprint density at radius 1 is 1.23 bits per heavy atom. The Kier molecular flexibility index (Phi) is 6.59. The van der Waals surface area contributed by atoms with Gasteiger partial charge in [-0.3, -0.25) is 0 Å². The molecule has 6 heteroatoms. The molecular weight excluding hydrogens is 300 g/mol. The smallest absolute Gasteiger partial charge is 0.407 e. The Morgan fingerprint density at radius 3 is 2.32 bits per heavy atom. The second-order valence-electron chi connectivity index (χ2n) is 8.20. The van der Waals surface area contributed by atoms with Crippen LogP contribution in [0.3, 0.4) is 0 Å². The molecule has 0 aromatic heterocycles. The SMILES string of the molecule is C[C@H](N[S+]([O-])C(C)(C)C)[C@H]1CC[C@@H](NC(=O)OC(C)(C)C)C1. The second-order valence-corrected chi connectivity index (χ2v) is 10.2. The van der Waals surface area contributed by atoms with E-state index in [0.29, 0.717) is 5.92 Å². The Labute approximate surface area is 138 Å². The van der Waals surface area contributed by atoms with Crippen LogP contribution in [0.1, 0.15) is 67.7 Å². The van der Waals surface area contributed by atoms with Gasteiger partial charge < -0.3 is 14.6 Å². The molecule has 1 rings (SSSR count). The third kappa shape index (κ3) is 6.75. The zero-order valence-electron chi connectivity index (χ0n) is 15.0. The van der Waals surface area contributed by atoms with Crippen LogP contribution in [0.5, 0.6) is 0 Å². The molecule has 0 saturated heterocycles. The summed E-state index contributed by atoms with van der Waals surface area (Å²) in [7, 11) is 0. The van der Waals surface area contributed by atoms with Gasteiger partial charge in [0.05, 0.1) is 6.04 Å². The zero-order chi connectivity index (χ0) is 17.1. The van der Waals surface area contributed by atoms with Crippen molar-refractivity contribution in [1.82, 2.24) is 10.0 Å². The largest absolute Gasteiger partial charge is 0.598 e. The first kappa shape index (κ1) is 19.6. The predicted octanol–water partition coefficient (Wildman–Crippen LogP) is 3.12. The molecule has 5 nitrogen and oxygen atoms in total. The van der Waals surface area contributed by atoms with E-state index in [1.54, 1.807) is 0 Å². The van der Waals surface area contributed by atoms with Gasteiger partial charge in [-0.1, -0.05) is 0 Å². The molecule has 130 valence electrons. The van der Waals surface area contributed by atoms with Crippen molar-refractivity contribution in [2.75, 3.05) is 0 Å². The third-order valence-electron chi connectivity index (χ3n) is 3.75. The molecule has 1 unspecified atom stereocenters. The van der Waals surface area contributed by atoms with Crippen molar-refractivity contribution in [2.45, 2.75) is 90.2 Å². The minimum atomic E-state index is -1.06. The van der Waals surface area contributed by atoms with E-state index < -0.39 is 17.0 Å². The maximum absolute atomic E-state index is 12.2. The molecule has 1 fully saturated rings. The van der Waals surface area contributed by atoms with E-state index in [2.05, 4.69) is 17.0 Å². The standard InChI is InChI=1S/C16H32N2O3S/c1-11(18-22(20)16(5,6)7)12-8-9-13(10-12)17-14(19)21-15(2,3)4/h11-13,18H,8-10H2,1-7H3,(H,17,19)/t11-,12-,13+,22?/m0/s1. The van der Waals surface area contributed by atoms with Crippen LogP contribution in [0.25, 0.3) is 0 Å². The maximum atomic E-state index is 12.2. The van der Waals surface area contributed by atoms with Crippen LogP contribution < -0.4 is 10.0 Å². The van der Waals surface area contributed by atoms with Gasteiger partial charge in [-0.05, 0) is 73.6 Å². The van der Waals surface area contributed by atoms with Crippen molar-refractivity contribution < 1.29 is 14.1 Å². The monoisotopic (exact) mass is 332 g/mol. The summed E-state index contributed by atoms with van der Waals surface area (Å²) in [5.74, 6) is 0.422. The number of ether oxygens (including phenoxy) is 1. The maximum Gasteiger partial charge on any atom is 0.407 e. The highest BCUT2D eigenvalue weighted by atomic mass is 32.2. The molecule has 1 amide bonds. The van der Waals surface area contributed by atoms with Gasteiger partial charge in [-0.15, -0.1) is 4.72 Å². The molecule has 0 heterocycles. The Morgan fingerprint density at radius 2 is 1.82 bits per heavy atom. The summed E-state index contributed by atoms with van der Waals surface area (Å²) in [6, 6.07) is 0.317. The predicted molar refractivity (Wildman–Crippen MR) is 91.0 cm³/mol. The normalized spacial score (nSPS) is 25.6. The van der Waals surface area contributed by atoms with E-state index in [9.17, 15) is 9.35 Å². The van der Waals surface area contributed by atoms with Crippen molar-refractivity contribution in [3.63, 3.8) is 0 Å². The third-order valence-corrected chi connectivity index (χ3v) is 5.45. The molecule has 0 bridgehead atoms. The van der Waals surface area contributed by atoms with E-state index in [1.807, 2.05) is 41.5 Å². The summed E-state index contributed by atoms with van der Waals surface area (Å²) in [5, 5.41) is 2.94. The van der Waals surface area contributed by atoms with Crippen LogP contribution in [0.15, 0.2) is 0 Å².